The van der Waals surface area contributed by atoms with Crippen LogP contribution < -0.4 is 0 Å². The smallest absolute Gasteiger partial charge is 0.243 e. The second-order valence-corrected chi connectivity index (χ2v) is 5.86. The number of imide groups is 1. The Morgan fingerprint density at radius 2 is 1.86 bits per heavy atom. The van der Waals surface area contributed by atoms with Gasteiger partial charge in [-0.15, -0.1) is 11.8 Å². The average Bonchev–Trinajstić information content (AvgIpc) is 2.25. The summed E-state index contributed by atoms with van der Waals surface area (Å²) in [6.07, 6.45) is 0.375. The van der Waals surface area contributed by atoms with Crippen LogP contribution in [0.5, 0.6) is 0 Å². The third-order valence-corrected chi connectivity index (χ3v) is 3.34. The molecule has 1 unspecified atom stereocenters. The second-order valence-electron chi connectivity index (χ2n) is 4.07. The van der Waals surface area contributed by atoms with Crippen LogP contribution in [0.4, 0.5) is 0 Å². The monoisotopic (exact) mass is 215 g/mol. The molecule has 1 heterocycles. The van der Waals surface area contributed by atoms with E-state index in [9.17, 15) is 9.59 Å². The number of carbonyl (C=O) groups excluding carboxylic acids is 2. The fraction of sp³-hybridized carbons (Fsp3) is 0.800. The first kappa shape index (κ1) is 11.6. The van der Waals surface area contributed by atoms with Gasteiger partial charge in [0.2, 0.25) is 11.8 Å². The number of rotatable bonds is 3. The van der Waals surface area contributed by atoms with Crippen molar-refractivity contribution >= 4 is 23.6 Å². The molecule has 4 heteroatoms. The minimum Gasteiger partial charge on any atom is -0.279 e. The van der Waals surface area contributed by atoms with Gasteiger partial charge in [-0.2, -0.15) is 0 Å². The lowest BCUT2D eigenvalue weighted by molar-refractivity contribution is -0.140. The average molecular weight is 215 g/mol. The van der Waals surface area contributed by atoms with E-state index >= 15 is 0 Å². The van der Waals surface area contributed by atoms with Crippen LogP contribution in [0.15, 0.2) is 0 Å². The van der Waals surface area contributed by atoms with Gasteiger partial charge in [-0.3, -0.25) is 14.5 Å². The van der Waals surface area contributed by atoms with Gasteiger partial charge in [0.05, 0.1) is 5.25 Å². The van der Waals surface area contributed by atoms with Gasteiger partial charge in [0, 0.05) is 12.5 Å². The van der Waals surface area contributed by atoms with Gasteiger partial charge in [-0.05, 0) is 19.1 Å². The summed E-state index contributed by atoms with van der Waals surface area (Å²) in [5.74, 6) is -0.0353. The summed E-state index contributed by atoms with van der Waals surface area (Å²) >= 11 is 1.58. The van der Waals surface area contributed by atoms with E-state index in [-0.39, 0.29) is 23.1 Å². The predicted octanol–water partition coefficient (Wildman–Crippen LogP) is 1.66. The zero-order valence-electron chi connectivity index (χ0n) is 9.11. The van der Waals surface area contributed by atoms with E-state index in [2.05, 4.69) is 0 Å². The molecular weight excluding hydrogens is 198 g/mol. The largest absolute Gasteiger partial charge is 0.279 e. The molecule has 1 aliphatic heterocycles. The molecule has 1 fully saturated rings. The molecule has 3 nitrogen and oxygen atoms in total. The third-order valence-electron chi connectivity index (χ3n) is 2.09. The van der Waals surface area contributed by atoms with Gasteiger partial charge >= 0.3 is 0 Å². The van der Waals surface area contributed by atoms with Gasteiger partial charge in [0.15, 0.2) is 0 Å². The molecule has 0 saturated carbocycles. The van der Waals surface area contributed by atoms with E-state index in [0.29, 0.717) is 11.7 Å². The number of likely N-dealkylation sites (tertiary alicyclic amines) is 1. The lowest BCUT2D eigenvalue weighted by Gasteiger charge is -2.19. The van der Waals surface area contributed by atoms with Crippen LogP contribution in [-0.2, 0) is 9.59 Å². The van der Waals surface area contributed by atoms with Crippen LogP contribution in [0.1, 0.15) is 34.1 Å². The number of nitrogens with zero attached hydrogens (tertiary/aromatic N) is 1. The first-order chi connectivity index (χ1) is 6.43. The van der Waals surface area contributed by atoms with Gasteiger partial charge in [-0.1, -0.05) is 13.8 Å². The van der Waals surface area contributed by atoms with Crippen LogP contribution in [0.25, 0.3) is 0 Å². The first-order valence-electron chi connectivity index (χ1n) is 4.94. The highest BCUT2D eigenvalue weighted by atomic mass is 32.2. The SMILES string of the molecule is CC(C)SC1CC(=O)N(C(C)C)C1=O. The zero-order chi connectivity index (χ0) is 10.9. The second kappa shape index (κ2) is 4.34. The van der Waals surface area contributed by atoms with Crippen molar-refractivity contribution in [3.63, 3.8) is 0 Å². The Morgan fingerprint density at radius 1 is 1.29 bits per heavy atom. The highest BCUT2D eigenvalue weighted by Gasteiger charge is 2.40. The van der Waals surface area contributed by atoms with Crippen molar-refractivity contribution in [3.05, 3.63) is 0 Å². The van der Waals surface area contributed by atoms with Crippen LogP contribution in [0.2, 0.25) is 0 Å². The van der Waals surface area contributed by atoms with Crippen molar-refractivity contribution in [2.45, 2.75) is 50.7 Å². The Labute approximate surface area is 89.2 Å². The van der Waals surface area contributed by atoms with Crippen molar-refractivity contribution in [1.82, 2.24) is 4.90 Å². The summed E-state index contributed by atoms with van der Waals surface area (Å²) in [5, 5.41) is 0.244. The summed E-state index contributed by atoms with van der Waals surface area (Å²) in [6.45, 7) is 7.83. The van der Waals surface area contributed by atoms with E-state index in [4.69, 9.17) is 0 Å². The summed E-state index contributed by atoms with van der Waals surface area (Å²) in [7, 11) is 0. The molecule has 0 aromatic heterocycles. The fourth-order valence-corrected chi connectivity index (χ4v) is 2.73. The Morgan fingerprint density at radius 3 is 2.21 bits per heavy atom. The molecule has 80 valence electrons. The van der Waals surface area contributed by atoms with E-state index in [1.165, 1.54) is 4.90 Å². The quantitative estimate of drug-likeness (QED) is 0.672. The topological polar surface area (TPSA) is 37.4 Å². The molecule has 14 heavy (non-hydrogen) atoms. The molecule has 2 amide bonds. The molecule has 0 radical (unpaired) electrons. The first-order valence-corrected chi connectivity index (χ1v) is 5.89. The molecule has 0 aromatic carbocycles. The zero-order valence-corrected chi connectivity index (χ0v) is 9.93. The van der Waals surface area contributed by atoms with Crippen LogP contribution >= 0.6 is 11.8 Å². The Balaban J connectivity index is 2.69. The summed E-state index contributed by atoms with van der Waals surface area (Å²) in [5.41, 5.74) is 0. The van der Waals surface area contributed by atoms with Gasteiger partial charge in [0.25, 0.3) is 0 Å². The Bertz CT molecular complexity index is 251. The number of thioether (sulfide) groups is 1. The molecule has 1 aliphatic rings. The molecular formula is C10H17NO2S. The molecule has 1 atom stereocenters. The van der Waals surface area contributed by atoms with Crippen molar-refractivity contribution in [2.75, 3.05) is 0 Å². The van der Waals surface area contributed by atoms with Crippen molar-refractivity contribution in [2.24, 2.45) is 0 Å². The third kappa shape index (κ3) is 2.29. The molecule has 0 aliphatic carbocycles. The fourth-order valence-electron chi connectivity index (χ4n) is 1.60. The Kier molecular flexibility index (Phi) is 3.59. The molecule has 0 N–H and O–H groups in total. The molecule has 0 aromatic rings. The maximum Gasteiger partial charge on any atom is 0.243 e. The minimum atomic E-state index is -0.148. The normalized spacial score (nSPS) is 23.0. The highest BCUT2D eigenvalue weighted by molar-refractivity contribution is 8.01. The standard InChI is InChI=1S/C10H17NO2S/c1-6(2)11-9(12)5-8(10(11)13)14-7(3)4/h6-8H,5H2,1-4H3. The van der Waals surface area contributed by atoms with Crippen molar-refractivity contribution in [3.8, 4) is 0 Å². The number of carbonyl (C=O) groups is 2. The summed E-state index contributed by atoms with van der Waals surface area (Å²) in [4.78, 5) is 24.7. The van der Waals surface area contributed by atoms with E-state index in [1.54, 1.807) is 11.8 Å². The lowest BCUT2D eigenvalue weighted by atomic mass is 10.3. The maximum absolute atomic E-state index is 11.8. The van der Waals surface area contributed by atoms with Gasteiger partial charge < -0.3 is 0 Å². The van der Waals surface area contributed by atoms with E-state index in [1.807, 2.05) is 27.7 Å². The molecule has 1 rings (SSSR count). The molecule has 1 saturated heterocycles. The number of hydrogen-bond acceptors (Lipinski definition) is 3. The van der Waals surface area contributed by atoms with Crippen molar-refractivity contribution < 1.29 is 9.59 Å². The van der Waals surface area contributed by atoms with Crippen molar-refractivity contribution in [1.29, 1.82) is 0 Å². The lowest BCUT2D eigenvalue weighted by Crippen LogP contribution is -2.37. The van der Waals surface area contributed by atoms with Crippen LogP contribution in [0, 0.1) is 0 Å². The van der Waals surface area contributed by atoms with Crippen LogP contribution in [-0.4, -0.2) is 33.3 Å². The predicted molar refractivity (Wildman–Crippen MR) is 58.1 cm³/mol. The Hall–Kier alpha value is -0.510. The van der Waals surface area contributed by atoms with E-state index < -0.39 is 0 Å². The summed E-state index contributed by atoms with van der Waals surface area (Å²) < 4.78 is 0. The number of amides is 2. The van der Waals surface area contributed by atoms with Gasteiger partial charge in [0.1, 0.15) is 0 Å². The van der Waals surface area contributed by atoms with Gasteiger partial charge in [-0.25, -0.2) is 0 Å². The van der Waals surface area contributed by atoms with Crippen LogP contribution in [0.3, 0.4) is 0 Å². The van der Waals surface area contributed by atoms with E-state index in [0.717, 1.165) is 0 Å². The minimum absolute atomic E-state index is 0.00670. The number of hydrogen-bond donors (Lipinski definition) is 0. The highest BCUT2D eigenvalue weighted by Crippen LogP contribution is 2.29. The maximum atomic E-state index is 11.8. The molecule has 0 bridgehead atoms. The molecule has 0 spiro atoms. The summed E-state index contributed by atoms with van der Waals surface area (Å²) in [6, 6.07) is -0.00670.